The van der Waals surface area contributed by atoms with Crippen LogP contribution >= 0.6 is 0 Å². The molecule has 0 aliphatic carbocycles. The van der Waals surface area contributed by atoms with Crippen LogP contribution < -0.4 is 15.6 Å². The Bertz CT molecular complexity index is 881. The van der Waals surface area contributed by atoms with E-state index in [0.29, 0.717) is 5.75 Å². The van der Waals surface area contributed by atoms with Crippen molar-refractivity contribution in [3.05, 3.63) is 65.6 Å². The van der Waals surface area contributed by atoms with E-state index in [1.54, 1.807) is 27.8 Å². The van der Waals surface area contributed by atoms with Crippen molar-refractivity contribution in [1.29, 1.82) is 0 Å². The van der Waals surface area contributed by atoms with E-state index in [0.717, 1.165) is 37.3 Å². The summed E-state index contributed by atoms with van der Waals surface area (Å²) in [6.07, 6.45) is 6.98. The van der Waals surface area contributed by atoms with Crippen molar-refractivity contribution in [2.45, 2.75) is 18.9 Å². The van der Waals surface area contributed by atoms with Gasteiger partial charge in [0.15, 0.2) is 0 Å². The lowest BCUT2D eigenvalue weighted by molar-refractivity contribution is 0.162. The predicted molar refractivity (Wildman–Crippen MR) is 93.5 cm³/mol. The Morgan fingerprint density at radius 3 is 2.52 bits per heavy atom. The number of pyridine rings is 1. The summed E-state index contributed by atoms with van der Waals surface area (Å²) < 4.78 is 9.19. The Morgan fingerprint density at radius 1 is 1.08 bits per heavy atom. The SMILES string of the molecule is O=c1cc(OC2CCNCC2)ccn1-c1ccc(-n2cncn2)cc1. The van der Waals surface area contributed by atoms with Gasteiger partial charge in [-0.05, 0) is 56.3 Å². The molecule has 128 valence electrons. The van der Waals surface area contributed by atoms with Gasteiger partial charge in [-0.1, -0.05) is 0 Å². The van der Waals surface area contributed by atoms with E-state index in [1.807, 2.05) is 30.3 Å². The Balaban J connectivity index is 1.53. The van der Waals surface area contributed by atoms with Gasteiger partial charge in [-0.3, -0.25) is 9.36 Å². The zero-order chi connectivity index (χ0) is 17.1. The third-order valence-corrected chi connectivity index (χ3v) is 4.29. The van der Waals surface area contributed by atoms with Gasteiger partial charge in [-0.15, -0.1) is 0 Å². The van der Waals surface area contributed by atoms with Gasteiger partial charge in [0.1, 0.15) is 24.5 Å². The Morgan fingerprint density at radius 2 is 1.84 bits per heavy atom. The molecule has 1 aliphatic rings. The molecule has 7 nitrogen and oxygen atoms in total. The van der Waals surface area contributed by atoms with Crippen LogP contribution in [0.4, 0.5) is 0 Å². The summed E-state index contributed by atoms with van der Waals surface area (Å²) in [4.78, 5) is 16.4. The molecule has 0 saturated carbocycles. The minimum absolute atomic E-state index is 0.111. The second-order valence-corrected chi connectivity index (χ2v) is 5.99. The third kappa shape index (κ3) is 3.46. The average molecular weight is 337 g/mol. The predicted octanol–water partition coefficient (Wildman–Crippen LogP) is 1.55. The molecule has 2 aromatic heterocycles. The Labute approximate surface area is 144 Å². The van der Waals surface area contributed by atoms with Crippen molar-refractivity contribution in [1.82, 2.24) is 24.6 Å². The largest absolute Gasteiger partial charge is 0.490 e. The molecule has 1 saturated heterocycles. The fourth-order valence-electron chi connectivity index (χ4n) is 2.96. The molecule has 3 heterocycles. The summed E-state index contributed by atoms with van der Waals surface area (Å²) in [6, 6.07) is 10.9. The van der Waals surface area contributed by atoms with Crippen molar-refractivity contribution in [2.75, 3.05) is 13.1 Å². The Hall–Kier alpha value is -2.93. The highest BCUT2D eigenvalue weighted by atomic mass is 16.5. The molecule has 4 rings (SSSR count). The van der Waals surface area contributed by atoms with Crippen LogP contribution in [0.5, 0.6) is 5.75 Å². The minimum Gasteiger partial charge on any atom is -0.490 e. The van der Waals surface area contributed by atoms with E-state index in [-0.39, 0.29) is 11.7 Å². The number of hydrogen-bond acceptors (Lipinski definition) is 5. The molecule has 0 atom stereocenters. The van der Waals surface area contributed by atoms with E-state index in [9.17, 15) is 4.79 Å². The molecule has 0 radical (unpaired) electrons. The van der Waals surface area contributed by atoms with E-state index in [4.69, 9.17) is 4.74 Å². The second kappa shape index (κ2) is 6.90. The van der Waals surface area contributed by atoms with Gasteiger partial charge in [-0.2, -0.15) is 5.10 Å². The fourth-order valence-corrected chi connectivity index (χ4v) is 2.96. The molecular formula is C18H19N5O2. The summed E-state index contributed by atoms with van der Waals surface area (Å²) in [5, 5.41) is 7.39. The highest BCUT2D eigenvalue weighted by molar-refractivity contribution is 5.41. The van der Waals surface area contributed by atoms with Gasteiger partial charge < -0.3 is 10.1 Å². The van der Waals surface area contributed by atoms with Gasteiger partial charge in [0, 0.05) is 18.0 Å². The zero-order valence-electron chi connectivity index (χ0n) is 13.7. The quantitative estimate of drug-likeness (QED) is 0.782. The molecule has 1 aliphatic heterocycles. The van der Waals surface area contributed by atoms with Crippen LogP contribution in [-0.4, -0.2) is 38.5 Å². The second-order valence-electron chi connectivity index (χ2n) is 5.99. The number of rotatable bonds is 4. The summed E-state index contributed by atoms with van der Waals surface area (Å²) >= 11 is 0. The highest BCUT2D eigenvalue weighted by Gasteiger charge is 2.14. The molecule has 0 unspecified atom stereocenters. The van der Waals surface area contributed by atoms with Crippen molar-refractivity contribution in [3.63, 3.8) is 0 Å². The van der Waals surface area contributed by atoms with Crippen LogP contribution in [-0.2, 0) is 0 Å². The maximum atomic E-state index is 12.4. The van der Waals surface area contributed by atoms with Crippen molar-refractivity contribution >= 4 is 0 Å². The van der Waals surface area contributed by atoms with Crippen molar-refractivity contribution in [2.24, 2.45) is 0 Å². The third-order valence-electron chi connectivity index (χ3n) is 4.29. The number of benzene rings is 1. The number of piperidine rings is 1. The van der Waals surface area contributed by atoms with E-state index in [2.05, 4.69) is 15.4 Å². The number of hydrogen-bond donors (Lipinski definition) is 1. The first-order valence-electron chi connectivity index (χ1n) is 8.35. The van der Waals surface area contributed by atoms with Crippen LogP contribution in [0.3, 0.4) is 0 Å². The van der Waals surface area contributed by atoms with Crippen LogP contribution in [0, 0.1) is 0 Å². The topological polar surface area (TPSA) is 74.0 Å². The number of nitrogens with zero attached hydrogens (tertiary/aromatic N) is 4. The first-order valence-corrected chi connectivity index (χ1v) is 8.35. The van der Waals surface area contributed by atoms with Gasteiger partial charge >= 0.3 is 0 Å². The number of aromatic nitrogens is 4. The van der Waals surface area contributed by atoms with Crippen molar-refractivity contribution in [3.8, 4) is 17.1 Å². The van der Waals surface area contributed by atoms with E-state index >= 15 is 0 Å². The first kappa shape index (κ1) is 15.6. The van der Waals surface area contributed by atoms with Gasteiger partial charge in [0.25, 0.3) is 5.56 Å². The normalized spacial score (nSPS) is 15.2. The molecule has 0 bridgehead atoms. The zero-order valence-corrected chi connectivity index (χ0v) is 13.7. The maximum Gasteiger partial charge on any atom is 0.258 e. The molecule has 7 heteroatoms. The molecule has 1 fully saturated rings. The summed E-state index contributed by atoms with van der Waals surface area (Å²) in [5.74, 6) is 0.632. The number of ether oxygens (including phenoxy) is 1. The first-order chi connectivity index (χ1) is 12.3. The summed E-state index contributed by atoms with van der Waals surface area (Å²) in [7, 11) is 0. The highest BCUT2D eigenvalue weighted by Crippen LogP contribution is 2.16. The fraction of sp³-hybridized carbons (Fsp3) is 0.278. The molecule has 3 aromatic rings. The summed E-state index contributed by atoms with van der Waals surface area (Å²) in [6.45, 7) is 1.92. The lowest BCUT2D eigenvalue weighted by Crippen LogP contribution is -2.34. The van der Waals surface area contributed by atoms with Crippen LogP contribution in [0.15, 0.2) is 60.0 Å². The molecule has 0 amide bonds. The van der Waals surface area contributed by atoms with Crippen LogP contribution in [0.1, 0.15) is 12.8 Å². The molecule has 1 N–H and O–H groups in total. The smallest absolute Gasteiger partial charge is 0.258 e. The summed E-state index contributed by atoms with van der Waals surface area (Å²) in [5.41, 5.74) is 1.57. The molecule has 25 heavy (non-hydrogen) atoms. The average Bonchev–Trinajstić information content (AvgIpc) is 3.18. The lowest BCUT2D eigenvalue weighted by Gasteiger charge is -2.23. The van der Waals surface area contributed by atoms with E-state index < -0.39 is 0 Å². The molecule has 1 aromatic carbocycles. The van der Waals surface area contributed by atoms with Crippen LogP contribution in [0.25, 0.3) is 11.4 Å². The monoisotopic (exact) mass is 337 g/mol. The molecular weight excluding hydrogens is 318 g/mol. The maximum absolute atomic E-state index is 12.4. The minimum atomic E-state index is -0.111. The van der Waals surface area contributed by atoms with Gasteiger partial charge in [0.2, 0.25) is 0 Å². The van der Waals surface area contributed by atoms with E-state index in [1.165, 1.54) is 6.33 Å². The van der Waals surface area contributed by atoms with Crippen molar-refractivity contribution < 1.29 is 4.74 Å². The number of nitrogens with one attached hydrogen (secondary N) is 1. The molecule has 0 spiro atoms. The van der Waals surface area contributed by atoms with Gasteiger partial charge in [0.05, 0.1) is 5.69 Å². The standard InChI is InChI=1S/C18H19N5O2/c24-18-11-17(25-16-5-8-19-9-6-16)7-10-22(18)14-1-3-15(4-2-14)23-13-20-12-21-23/h1-4,7,10-13,16,19H,5-6,8-9H2. The van der Waals surface area contributed by atoms with Crippen LogP contribution in [0.2, 0.25) is 0 Å². The lowest BCUT2D eigenvalue weighted by atomic mass is 10.1. The Kier molecular flexibility index (Phi) is 4.30. The van der Waals surface area contributed by atoms with Gasteiger partial charge in [-0.25, -0.2) is 9.67 Å².